The molecule has 0 radical (unpaired) electrons. The monoisotopic (exact) mass is 412 g/mol. The Hall–Kier alpha value is -2.95. The van der Waals surface area contributed by atoms with Crippen molar-refractivity contribution in [2.75, 3.05) is 12.4 Å². The van der Waals surface area contributed by atoms with Gasteiger partial charge in [-0.15, -0.1) is 11.8 Å². The van der Waals surface area contributed by atoms with Crippen molar-refractivity contribution in [3.63, 3.8) is 0 Å². The second kappa shape index (κ2) is 7.58. The number of β-lactam (4-membered cyclic amide) rings is 1. The van der Waals surface area contributed by atoms with Gasteiger partial charge in [-0.05, 0) is 12.1 Å². The fourth-order valence-electron chi connectivity index (χ4n) is 2.91. The molecule has 0 aliphatic carbocycles. The summed E-state index contributed by atoms with van der Waals surface area (Å²) in [7, 11) is 0. The molecular weight excluding hydrogens is 398 g/mol. The lowest BCUT2D eigenvalue weighted by molar-refractivity contribution is -0.149. The SMILES string of the molecule is CC(=O)OCC1=C(C(=O)O)N2C(=O)[C@H](NC(=O)c3c(F)cccc3F)[C@H]2SC1. The Morgan fingerprint density at radius 3 is 2.54 bits per heavy atom. The Morgan fingerprint density at radius 2 is 1.96 bits per heavy atom. The minimum atomic E-state index is -1.38. The summed E-state index contributed by atoms with van der Waals surface area (Å²) in [6, 6.07) is 1.79. The quantitative estimate of drug-likeness (QED) is 0.545. The number of fused-ring (bicyclic) bond motifs is 1. The van der Waals surface area contributed by atoms with Crippen molar-refractivity contribution in [3.05, 3.63) is 46.7 Å². The highest BCUT2D eigenvalue weighted by molar-refractivity contribution is 8.00. The summed E-state index contributed by atoms with van der Waals surface area (Å²) in [6.07, 6.45) is 0. The molecule has 2 aliphatic rings. The van der Waals surface area contributed by atoms with Crippen LogP contribution in [0.3, 0.4) is 0 Å². The number of amides is 2. The van der Waals surface area contributed by atoms with Gasteiger partial charge in [-0.25, -0.2) is 13.6 Å². The molecule has 2 N–H and O–H groups in total. The largest absolute Gasteiger partial charge is 0.477 e. The Labute approximate surface area is 161 Å². The average molecular weight is 412 g/mol. The van der Waals surface area contributed by atoms with E-state index in [-0.39, 0.29) is 23.6 Å². The number of thioether (sulfide) groups is 1. The minimum absolute atomic E-state index is 0.143. The van der Waals surface area contributed by atoms with E-state index in [4.69, 9.17) is 4.74 Å². The number of ether oxygens (including phenoxy) is 1. The van der Waals surface area contributed by atoms with E-state index in [1.165, 1.54) is 6.92 Å². The molecule has 0 bridgehead atoms. The standard InChI is InChI=1S/C17H14F2N2O6S/c1-7(22)27-5-8-6-28-16-12(15(24)21(16)13(8)17(25)26)20-14(23)11-9(18)3-2-4-10(11)19/h2-4,12,16H,5-6H2,1H3,(H,20,23)(H,25,26)/t12-,16+/m0/s1. The highest BCUT2D eigenvalue weighted by atomic mass is 32.2. The van der Waals surface area contributed by atoms with E-state index in [0.717, 1.165) is 34.9 Å². The average Bonchev–Trinajstić information content (AvgIpc) is 2.63. The molecule has 28 heavy (non-hydrogen) atoms. The van der Waals surface area contributed by atoms with E-state index in [1.54, 1.807) is 0 Å². The van der Waals surface area contributed by atoms with Crippen LogP contribution in [0, 0.1) is 11.6 Å². The summed E-state index contributed by atoms with van der Waals surface area (Å²) in [5.74, 6) is -5.84. The van der Waals surface area contributed by atoms with Gasteiger partial charge < -0.3 is 15.2 Å². The number of rotatable bonds is 5. The number of hydrogen-bond acceptors (Lipinski definition) is 6. The molecule has 11 heteroatoms. The van der Waals surface area contributed by atoms with Crippen LogP contribution in [0.25, 0.3) is 0 Å². The molecule has 0 saturated carbocycles. The van der Waals surface area contributed by atoms with Crippen LogP contribution in [-0.2, 0) is 19.1 Å². The second-order valence-electron chi connectivity index (χ2n) is 6.00. The van der Waals surface area contributed by atoms with Crippen molar-refractivity contribution in [2.24, 2.45) is 0 Å². The van der Waals surface area contributed by atoms with E-state index >= 15 is 0 Å². The Bertz CT molecular complexity index is 899. The van der Waals surface area contributed by atoms with Gasteiger partial charge in [0.2, 0.25) is 0 Å². The highest BCUT2D eigenvalue weighted by Crippen LogP contribution is 2.40. The van der Waals surface area contributed by atoms with Crippen molar-refractivity contribution < 1.29 is 37.8 Å². The van der Waals surface area contributed by atoms with E-state index in [0.29, 0.717) is 0 Å². The molecule has 2 atom stereocenters. The van der Waals surface area contributed by atoms with Crippen molar-refractivity contribution >= 4 is 35.5 Å². The van der Waals surface area contributed by atoms with Crippen LogP contribution >= 0.6 is 11.8 Å². The zero-order valence-electron chi connectivity index (χ0n) is 14.4. The van der Waals surface area contributed by atoms with Gasteiger partial charge in [-0.2, -0.15) is 0 Å². The number of aliphatic carboxylic acids is 1. The number of hydrogen-bond donors (Lipinski definition) is 2. The number of carbonyl (C=O) groups excluding carboxylic acids is 3. The zero-order chi connectivity index (χ0) is 20.6. The lowest BCUT2D eigenvalue weighted by atomic mass is 10.0. The van der Waals surface area contributed by atoms with Crippen LogP contribution in [0.15, 0.2) is 29.5 Å². The van der Waals surface area contributed by atoms with Gasteiger partial charge in [-0.3, -0.25) is 19.3 Å². The number of nitrogens with one attached hydrogen (secondary N) is 1. The first-order chi connectivity index (χ1) is 13.2. The summed E-state index contributed by atoms with van der Waals surface area (Å²) in [5.41, 5.74) is -0.904. The molecular formula is C17H14F2N2O6S. The highest BCUT2D eigenvalue weighted by Gasteiger charge is 2.54. The van der Waals surface area contributed by atoms with Crippen molar-refractivity contribution in [2.45, 2.75) is 18.3 Å². The van der Waals surface area contributed by atoms with Crippen LogP contribution in [0.5, 0.6) is 0 Å². The molecule has 0 spiro atoms. The van der Waals surface area contributed by atoms with Crippen LogP contribution < -0.4 is 5.32 Å². The minimum Gasteiger partial charge on any atom is -0.477 e. The number of carbonyl (C=O) groups is 4. The molecule has 1 saturated heterocycles. The lowest BCUT2D eigenvalue weighted by Crippen LogP contribution is -2.70. The topological polar surface area (TPSA) is 113 Å². The van der Waals surface area contributed by atoms with Gasteiger partial charge in [0.25, 0.3) is 11.8 Å². The van der Waals surface area contributed by atoms with Gasteiger partial charge in [0, 0.05) is 18.2 Å². The van der Waals surface area contributed by atoms with Gasteiger partial charge in [-0.1, -0.05) is 6.07 Å². The summed E-state index contributed by atoms with van der Waals surface area (Å²) in [5, 5.41) is 10.9. The third kappa shape index (κ3) is 3.44. The van der Waals surface area contributed by atoms with Crippen LogP contribution in [0.4, 0.5) is 8.78 Å². The maximum absolute atomic E-state index is 13.7. The Balaban J connectivity index is 1.79. The summed E-state index contributed by atoms with van der Waals surface area (Å²) >= 11 is 1.14. The van der Waals surface area contributed by atoms with Gasteiger partial charge in [0.05, 0.1) is 0 Å². The number of carboxylic acid groups (broad SMARTS) is 1. The van der Waals surface area contributed by atoms with Crippen LogP contribution in [-0.4, -0.2) is 57.5 Å². The molecule has 2 amide bonds. The van der Waals surface area contributed by atoms with Crippen LogP contribution in [0.1, 0.15) is 17.3 Å². The molecule has 148 valence electrons. The number of benzene rings is 1. The maximum Gasteiger partial charge on any atom is 0.352 e. The smallest absolute Gasteiger partial charge is 0.352 e. The number of carboxylic acids is 1. The number of esters is 1. The first kappa shape index (κ1) is 19.8. The predicted molar refractivity (Wildman–Crippen MR) is 92.0 cm³/mol. The number of halogens is 2. The summed E-state index contributed by atoms with van der Waals surface area (Å²) in [6.45, 7) is 0.889. The lowest BCUT2D eigenvalue weighted by Gasteiger charge is -2.49. The van der Waals surface area contributed by atoms with Crippen molar-refractivity contribution in [3.8, 4) is 0 Å². The van der Waals surface area contributed by atoms with Crippen molar-refractivity contribution in [1.82, 2.24) is 10.2 Å². The fraction of sp³-hybridized carbons (Fsp3) is 0.294. The molecule has 1 aromatic rings. The van der Waals surface area contributed by atoms with E-state index in [2.05, 4.69) is 5.32 Å². The Morgan fingerprint density at radius 1 is 1.32 bits per heavy atom. The van der Waals surface area contributed by atoms with E-state index in [9.17, 15) is 33.1 Å². The van der Waals surface area contributed by atoms with Crippen LogP contribution in [0.2, 0.25) is 0 Å². The molecule has 0 aromatic heterocycles. The number of nitrogens with zero attached hydrogens (tertiary/aromatic N) is 1. The van der Waals surface area contributed by atoms with Gasteiger partial charge >= 0.3 is 11.9 Å². The zero-order valence-corrected chi connectivity index (χ0v) is 15.2. The third-order valence-corrected chi connectivity index (χ3v) is 5.52. The normalized spacial score (nSPS) is 21.0. The molecule has 0 unspecified atom stereocenters. The third-order valence-electron chi connectivity index (χ3n) is 4.18. The summed E-state index contributed by atoms with van der Waals surface area (Å²) < 4.78 is 32.3. The first-order valence-electron chi connectivity index (χ1n) is 8.00. The Kier molecular flexibility index (Phi) is 5.36. The predicted octanol–water partition coefficient (Wildman–Crippen LogP) is 0.880. The molecule has 1 fully saturated rings. The molecule has 3 rings (SSSR count). The molecule has 2 heterocycles. The summed E-state index contributed by atoms with van der Waals surface area (Å²) in [4.78, 5) is 48.2. The van der Waals surface area contributed by atoms with Gasteiger partial charge in [0.1, 0.15) is 40.9 Å². The fourth-order valence-corrected chi connectivity index (χ4v) is 4.24. The molecule has 8 nitrogen and oxygen atoms in total. The van der Waals surface area contributed by atoms with Gasteiger partial charge in [0.15, 0.2) is 0 Å². The van der Waals surface area contributed by atoms with E-state index in [1.807, 2.05) is 0 Å². The maximum atomic E-state index is 13.7. The molecule has 1 aromatic carbocycles. The van der Waals surface area contributed by atoms with Crippen molar-refractivity contribution in [1.29, 1.82) is 0 Å². The second-order valence-corrected chi connectivity index (χ2v) is 7.10. The van der Waals surface area contributed by atoms with E-state index < -0.39 is 52.4 Å². The first-order valence-corrected chi connectivity index (χ1v) is 9.05. The molecule has 2 aliphatic heterocycles.